The molecule has 0 saturated carbocycles. The van der Waals surface area contributed by atoms with E-state index in [0.717, 1.165) is 16.3 Å². The Balaban J connectivity index is 1.83. The van der Waals surface area contributed by atoms with E-state index in [2.05, 4.69) is 4.99 Å². The molecule has 22 heavy (non-hydrogen) atoms. The molecular weight excluding hydrogens is 274 g/mol. The molecule has 0 aliphatic heterocycles. The average Bonchev–Trinajstić information content (AvgIpc) is 2.57. The fourth-order valence-corrected chi connectivity index (χ4v) is 2.44. The molecule has 0 unspecified atom stereocenters. The molecule has 2 N–H and O–H groups in total. The highest BCUT2D eigenvalue weighted by Crippen LogP contribution is 2.25. The third kappa shape index (κ3) is 3.00. The van der Waals surface area contributed by atoms with Crippen LogP contribution in [-0.2, 0) is 0 Å². The van der Waals surface area contributed by atoms with Crippen molar-refractivity contribution in [2.75, 3.05) is 6.54 Å². The maximum Gasteiger partial charge on any atom is 0.124 e. The number of aromatic hydroxyl groups is 1. The maximum atomic E-state index is 10.1. The first-order valence-electron chi connectivity index (χ1n) is 7.19. The maximum absolute atomic E-state index is 10.1. The summed E-state index contributed by atoms with van der Waals surface area (Å²) >= 11 is 0. The number of phenolic OH excluding ortho intramolecular Hbond substituents is 1. The first kappa shape index (κ1) is 14.3. The highest BCUT2D eigenvalue weighted by Gasteiger charge is 2.06. The van der Waals surface area contributed by atoms with Crippen molar-refractivity contribution in [2.24, 2.45) is 4.99 Å². The predicted octanol–water partition coefficient (Wildman–Crippen LogP) is 3.70. The lowest BCUT2D eigenvalue weighted by molar-refractivity contribution is 0.187. The Morgan fingerprint density at radius 2 is 1.64 bits per heavy atom. The van der Waals surface area contributed by atoms with Crippen molar-refractivity contribution in [3.63, 3.8) is 0 Å². The smallest absolute Gasteiger partial charge is 0.124 e. The van der Waals surface area contributed by atoms with E-state index in [1.807, 2.05) is 60.7 Å². The van der Waals surface area contributed by atoms with Crippen LogP contribution in [0.4, 0.5) is 0 Å². The molecule has 3 heteroatoms. The molecule has 110 valence electrons. The van der Waals surface area contributed by atoms with Crippen LogP contribution in [0.2, 0.25) is 0 Å². The normalized spacial score (nSPS) is 12.8. The number of aliphatic hydroxyl groups is 1. The van der Waals surface area contributed by atoms with Crippen LogP contribution in [0.5, 0.6) is 5.75 Å². The minimum absolute atomic E-state index is 0.191. The number of benzene rings is 3. The van der Waals surface area contributed by atoms with Crippen LogP contribution >= 0.6 is 0 Å². The summed E-state index contributed by atoms with van der Waals surface area (Å²) in [7, 11) is 0. The summed E-state index contributed by atoms with van der Waals surface area (Å²) in [6.45, 7) is 0.257. The topological polar surface area (TPSA) is 52.8 Å². The van der Waals surface area contributed by atoms with Crippen molar-refractivity contribution in [2.45, 2.75) is 6.10 Å². The van der Waals surface area contributed by atoms with Crippen LogP contribution in [0.15, 0.2) is 71.7 Å². The number of hydrogen-bond donors (Lipinski definition) is 2. The Bertz CT molecular complexity index is 797. The minimum Gasteiger partial charge on any atom is -0.507 e. The van der Waals surface area contributed by atoms with E-state index >= 15 is 0 Å². The third-order valence-electron chi connectivity index (χ3n) is 3.63. The van der Waals surface area contributed by atoms with Crippen LogP contribution in [-0.4, -0.2) is 23.0 Å². The van der Waals surface area contributed by atoms with Gasteiger partial charge >= 0.3 is 0 Å². The van der Waals surface area contributed by atoms with E-state index in [4.69, 9.17) is 0 Å². The van der Waals surface area contributed by atoms with E-state index in [0.29, 0.717) is 5.56 Å². The zero-order chi connectivity index (χ0) is 15.4. The second kappa shape index (κ2) is 6.41. The molecule has 1 atom stereocenters. The molecule has 0 heterocycles. The van der Waals surface area contributed by atoms with Gasteiger partial charge < -0.3 is 10.2 Å². The first-order valence-corrected chi connectivity index (χ1v) is 7.19. The van der Waals surface area contributed by atoms with Crippen LogP contribution in [0.25, 0.3) is 10.8 Å². The summed E-state index contributed by atoms with van der Waals surface area (Å²) in [5.41, 5.74) is 1.51. The van der Waals surface area contributed by atoms with Crippen molar-refractivity contribution in [3.05, 3.63) is 77.9 Å². The van der Waals surface area contributed by atoms with E-state index in [1.165, 1.54) is 0 Å². The molecule has 0 aliphatic rings. The summed E-state index contributed by atoms with van der Waals surface area (Å²) in [5, 5.41) is 22.1. The molecule has 3 nitrogen and oxygen atoms in total. The summed E-state index contributed by atoms with van der Waals surface area (Å²) < 4.78 is 0. The fourth-order valence-electron chi connectivity index (χ4n) is 2.44. The van der Waals surface area contributed by atoms with Crippen molar-refractivity contribution in [3.8, 4) is 5.75 Å². The Hall–Kier alpha value is -2.65. The van der Waals surface area contributed by atoms with Gasteiger partial charge in [-0.2, -0.15) is 0 Å². The predicted molar refractivity (Wildman–Crippen MR) is 89.5 cm³/mol. The zero-order valence-corrected chi connectivity index (χ0v) is 12.1. The van der Waals surface area contributed by atoms with Gasteiger partial charge in [-0.1, -0.05) is 60.7 Å². The third-order valence-corrected chi connectivity index (χ3v) is 3.63. The first-order chi connectivity index (χ1) is 10.8. The van der Waals surface area contributed by atoms with E-state index in [9.17, 15) is 10.2 Å². The molecule has 3 aromatic rings. The van der Waals surface area contributed by atoms with Gasteiger partial charge in [0, 0.05) is 11.8 Å². The molecule has 0 aromatic heterocycles. The summed E-state index contributed by atoms with van der Waals surface area (Å²) in [5.74, 6) is 0.191. The summed E-state index contributed by atoms with van der Waals surface area (Å²) in [6.07, 6.45) is 0.985. The molecule has 0 aliphatic carbocycles. The molecule has 0 spiro atoms. The lowest BCUT2D eigenvalue weighted by Crippen LogP contribution is -2.01. The van der Waals surface area contributed by atoms with E-state index in [-0.39, 0.29) is 12.3 Å². The number of aliphatic imine (C=N–C) groups is 1. The van der Waals surface area contributed by atoms with Gasteiger partial charge in [0.1, 0.15) is 5.75 Å². The van der Waals surface area contributed by atoms with Gasteiger partial charge in [0.25, 0.3) is 0 Å². The van der Waals surface area contributed by atoms with Gasteiger partial charge in [0.15, 0.2) is 0 Å². The second-order valence-corrected chi connectivity index (χ2v) is 5.14. The standard InChI is InChI=1S/C19H17NO2/c21-18-11-10-14-6-4-5-9-16(14)17(18)12-20-13-19(22)15-7-2-1-3-8-15/h1-12,19,21-22H,13H2/t19-/m1/s1. The Morgan fingerprint density at radius 1 is 0.909 bits per heavy atom. The number of rotatable bonds is 4. The SMILES string of the molecule is Oc1ccc2ccccc2c1C=NC[C@@H](O)c1ccccc1. The highest BCUT2D eigenvalue weighted by molar-refractivity contribution is 6.02. The van der Waals surface area contributed by atoms with E-state index in [1.54, 1.807) is 12.3 Å². The molecule has 3 rings (SSSR count). The number of nitrogens with zero attached hydrogens (tertiary/aromatic N) is 1. The van der Waals surface area contributed by atoms with Gasteiger partial charge in [0.05, 0.1) is 12.6 Å². The molecule has 0 amide bonds. The Morgan fingerprint density at radius 3 is 2.45 bits per heavy atom. The van der Waals surface area contributed by atoms with Crippen molar-refractivity contribution >= 4 is 17.0 Å². The largest absolute Gasteiger partial charge is 0.507 e. The lowest BCUT2D eigenvalue weighted by atomic mass is 10.0. The van der Waals surface area contributed by atoms with Gasteiger partial charge in [-0.25, -0.2) is 0 Å². The van der Waals surface area contributed by atoms with Crippen molar-refractivity contribution < 1.29 is 10.2 Å². The minimum atomic E-state index is -0.644. The highest BCUT2D eigenvalue weighted by atomic mass is 16.3. The number of hydrogen-bond acceptors (Lipinski definition) is 3. The second-order valence-electron chi connectivity index (χ2n) is 5.14. The molecular formula is C19H17NO2. The molecule has 3 aromatic carbocycles. The fraction of sp³-hybridized carbons (Fsp3) is 0.105. The number of phenols is 1. The van der Waals surface area contributed by atoms with Crippen LogP contribution in [0.3, 0.4) is 0 Å². The van der Waals surface area contributed by atoms with Crippen molar-refractivity contribution in [1.29, 1.82) is 0 Å². The van der Waals surface area contributed by atoms with E-state index < -0.39 is 6.10 Å². The van der Waals surface area contributed by atoms with Gasteiger partial charge in [-0.3, -0.25) is 4.99 Å². The molecule has 0 bridgehead atoms. The van der Waals surface area contributed by atoms with Gasteiger partial charge in [0.2, 0.25) is 0 Å². The van der Waals surface area contributed by atoms with Crippen LogP contribution in [0.1, 0.15) is 17.2 Å². The van der Waals surface area contributed by atoms with Crippen LogP contribution < -0.4 is 0 Å². The van der Waals surface area contributed by atoms with Crippen molar-refractivity contribution in [1.82, 2.24) is 0 Å². The van der Waals surface area contributed by atoms with Gasteiger partial charge in [-0.15, -0.1) is 0 Å². The zero-order valence-electron chi connectivity index (χ0n) is 12.1. The number of aliphatic hydroxyl groups excluding tert-OH is 1. The number of fused-ring (bicyclic) bond motifs is 1. The monoisotopic (exact) mass is 291 g/mol. The quantitative estimate of drug-likeness (QED) is 0.720. The van der Waals surface area contributed by atoms with Gasteiger partial charge in [-0.05, 0) is 22.4 Å². The average molecular weight is 291 g/mol. The Kier molecular flexibility index (Phi) is 4.17. The molecule has 0 radical (unpaired) electrons. The molecule has 0 saturated heterocycles. The van der Waals surface area contributed by atoms with Crippen LogP contribution in [0, 0.1) is 0 Å². The summed E-state index contributed by atoms with van der Waals surface area (Å²) in [4.78, 5) is 4.29. The Labute approximate surface area is 129 Å². The lowest BCUT2D eigenvalue weighted by Gasteiger charge is -2.08. The molecule has 0 fully saturated rings. The summed E-state index contributed by atoms with van der Waals surface area (Å²) in [6, 6.07) is 20.8.